The molecule has 1 fully saturated rings. The molecule has 6 rings (SSSR count). The van der Waals surface area contributed by atoms with Crippen molar-refractivity contribution in [3.63, 3.8) is 0 Å². The van der Waals surface area contributed by atoms with Crippen LogP contribution in [0.2, 0.25) is 0 Å². The van der Waals surface area contributed by atoms with E-state index in [4.69, 9.17) is 15.6 Å². The third-order valence-electron chi connectivity index (χ3n) is 7.11. The summed E-state index contributed by atoms with van der Waals surface area (Å²) in [5.74, 6) is 1.46. The van der Waals surface area contributed by atoms with Crippen molar-refractivity contribution in [1.29, 1.82) is 0 Å². The van der Waals surface area contributed by atoms with E-state index in [9.17, 15) is 0 Å². The summed E-state index contributed by atoms with van der Waals surface area (Å²) in [6, 6.07) is 6.53. The molecule has 180 valence electrons. The predicted molar refractivity (Wildman–Crippen MR) is 136 cm³/mol. The van der Waals surface area contributed by atoms with Gasteiger partial charge in [0.2, 0.25) is 0 Å². The first-order valence-electron chi connectivity index (χ1n) is 12.3. The number of aromatic nitrogens is 7. The molecular formula is C26H30N8O. The smallest absolute Gasteiger partial charge is 0.125 e. The molecule has 0 saturated heterocycles. The number of nitrogens with two attached hydrogens (primary N) is 1. The topological polar surface area (TPSA) is 102 Å². The van der Waals surface area contributed by atoms with Crippen molar-refractivity contribution in [1.82, 2.24) is 34.3 Å². The molecule has 35 heavy (non-hydrogen) atoms. The van der Waals surface area contributed by atoms with Gasteiger partial charge in [-0.3, -0.25) is 14.0 Å². The highest BCUT2D eigenvalue weighted by atomic mass is 16.5. The molecule has 9 heteroatoms. The van der Waals surface area contributed by atoms with Crippen molar-refractivity contribution in [2.75, 3.05) is 5.73 Å². The SMILES string of the molecule is CCn1ncc2cc(OC3CCC(n4nc(-c5cnn(C)c5)c5cnc(N)cc54)CC3)c(C)cc21. The van der Waals surface area contributed by atoms with E-state index in [2.05, 4.69) is 45.8 Å². The maximum Gasteiger partial charge on any atom is 0.125 e. The van der Waals surface area contributed by atoms with Crippen molar-refractivity contribution >= 4 is 27.6 Å². The number of pyridine rings is 1. The van der Waals surface area contributed by atoms with Crippen molar-refractivity contribution in [2.45, 2.75) is 58.2 Å². The summed E-state index contributed by atoms with van der Waals surface area (Å²) < 4.78 is 12.5. The average Bonchev–Trinajstić information content (AvgIpc) is 3.56. The Labute approximate surface area is 203 Å². The van der Waals surface area contributed by atoms with Crippen LogP contribution in [0.25, 0.3) is 33.1 Å². The lowest BCUT2D eigenvalue weighted by Gasteiger charge is -2.30. The Balaban J connectivity index is 1.23. The lowest BCUT2D eigenvalue weighted by molar-refractivity contribution is 0.130. The second-order valence-electron chi connectivity index (χ2n) is 9.51. The van der Waals surface area contributed by atoms with Gasteiger partial charge < -0.3 is 10.5 Å². The van der Waals surface area contributed by atoms with E-state index in [-0.39, 0.29) is 12.1 Å². The van der Waals surface area contributed by atoms with Gasteiger partial charge in [0, 0.05) is 48.4 Å². The number of anilines is 1. The highest BCUT2D eigenvalue weighted by Gasteiger charge is 2.27. The van der Waals surface area contributed by atoms with Gasteiger partial charge in [-0.15, -0.1) is 0 Å². The summed E-state index contributed by atoms with van der Waals surface area (Å²) in [7, 11) is 1.91. The zero-order chi connectivity index (χ0) is 24.1. The van der Waals surface area contributed by atoms with E-state index < -0.39 is 0 Å². The number of fused-ring (bicyclic) bond motifs is 2. The largest absolute Gasteiger partial charge is 0.490 e. The first-order valence-corrected chi connectivity index (χ1v) is 12.3. The summed E-state index contributed by atoms with van der Waals surface area (Å²) in [4.78, 5) is 4.33. The number of nitrogens with zero attached hydrogens (tertiary/aromatic N) is 7. The van der Waals surface area contributed by atoms with E-state index in [0.29, 0.717) is 5.82 Å². The van der Waals surface area contributed by atoms with Gasteiger partial charge in [-0.1, -0.05) is 0 Å². The van der Waals surface area contributed by atoms with Crippen LogP contribution >= 0.6 is 0 Å². The molecule has 0 bridgehead atoms. The minimum atomic E-state index is 0.190. The summed E-state index contributed by atoms with van der Waals surface area (Å²) in [5, 5.41) is 15.9. The predicted octanol–water partition coefficient (Wildman–Crippen LogP) is 4.65. The molecule has 1 saturated carbocycles. The average molecular weight is 471 g/mol. The molecule has 1 aliphatic carbocycles. The normalized spacial score (nSPS) is 18.5. The quantitative estimate of drug-likeness (QED) is 0.401. The Bertz CT molecular complexity index is 1520. The Morgan fingerprint density at radius 2 is 1.86 bits per heavy atom. The van der Waals surface area contributed by atoms with E-state index in [1.165, 1.54) is 0 Å². The van der Waals surface area contributed by atoms with Gasteiger partial charge in [-0.2, -0.15) is 15.3 Å². The van der Waals surface area contributed by atoms with E-state index in [1.807, 2.05) is 42.6 Å². The maximum absolute atomic E-state index is 6.50. The third-order valence-corrected chi connectivity index (χ3v) is 7.11. The van der Waals surface area contributed by atoms with Crippen LogP contribution in [-0.2, 0) is 13.6 Å². The molecule has 0 unspecified atom stereocenters. The highest BCUT2D eigenvalue weighted by molar-refractivity contribution is 5.93. The lowest BCUT2D eigenvalue weighted by atomic mass is 9.93. The minimum absolute atomic E-state index is 0.190. The molecule has 0 spiro atoms. The standard InChI is InChI=1S/C26H30N8O/c1-4-33-22-9-16(2)24(10-17(22)12-30-33)35-20-7-5-19(6-8-20)34-23-11-25(27)28-14-21(23)26(31-34)18-13-29-32(3)15-18/h9-15,19-20H,4-8H2,1-3H3,(H2,27,28). The number of benzene rings is 1. The molecular weight excluding hydrogens is 440 g/mol. The zero-order valence-corrected chi connectivity index (χ0v) is 20.3. The summed E-state index contributed by atoms with van der Waals surface area (Å²) in [6.07, 6.45) is 11.7. The van der Waals surface area contributed by atoms with E-state index in [0.717, 1.165) is 76.6 Å². The van der Waals surface area contributed by atoms with Crippen LogP contribution in [0.15, 0.2) is 43.0 Å². The van der Waals surface area contributed by atoms with Crippen LogP contribution in [0.5, 0.6) is 5.75 Å². The third kappa shape index (κ3) is 3.80. The van der Waals surface area contributed by atoms with Crippen molar-refractivity contribution in [3.05, 3.63) is 48.5 Å². The number of hydrogen-bond acceptors (Lipinski definition) is 6. The second kappa shape index (κ2) is 8.41. The molecule has 0 radical (unpaired) electrons. The molecule has 4 aromatic heterocycles. The van der Waals surface area contributed by atoms with Crippen molar-refractivity contribution in [3.8, 4) is 17.0 Å². The molecule has 1 aliphatic rings. The number of aryl methyl sites for hydroxylation is 3. The summed E-state index contributed by atoms with van der Waals surface area (Å²) in [6.45, 7) is 5.08. The van der Waals surface area contributed by atoms with E-state index >= 15 is 0 Å². The molecule has 9 nitrogen and oxygen atoms in total. The number of ether oxygens (including phenoxy) is 1. The number of hydrogen-bond donors (Lipinski definition) is 1. The Morgan fingerprint density at radius 3 is 2.60 bits per heavy atom. The number of nitrogen functional groups attached to an aromatic ring is 1. The fourth-order valence-corrected chi connectivity index (χ4v) is 5.26. The van der Waals surface area contributed by atoms with Gasteiger partial charge in [-0.05, 0) is 57.2 Å². The Morgan fingerprint density at radius 1 is 1.03 bits per heavy atom. The molecule has 0 atom stereocenters. The van der Waals surface area contributed by atoms with Crippen LogP contribution < -0.4 is 10.5 Å². The summed E-state index contributed by atoms with van der Waals surface area (Å²) in [5.41, 5.74) is 11.3. The molecule has 0 amide bonds. The minimum Gasteiger partial charge on any atom is -0.490 e. The Hall–Kier alpha value is -3.88. The van der Waals surface area contributed by atoms with Crippen LogP contribution in [0, 0.1) is 6.92 Å². The molecule has 1 aromatic carbocycles. The van der Waals surface area contributed by atoms with Crippen molar-refractivity contribution in [2.24, 2.45) is 7.05 Å². The molecule has 4 heterocycles. The van der Waals surface area contributed by atoms with E-state index in [1.54, 1.807) is 4.68 Å². The van der Waals surface area contributed by atoms with Gasteiger partial charge in [0.25, 0.3) is 0 Å². The fraction of sp³-hybridized carbons (Fsp3) is 0.385. The van der Waals surface area contributed by atoms with Crippen LogP contribution in [0.1, 0.15) is 44.2 Å². The first-order chi connectivity index (χ1) is 17.0. The first kappa shape index (κ1) is 21.6. The van der Waals surface area contributed by atoms with Crippen molar-refractivity contribution < 1.29 is 4.74 Å². The fourth-order valence-electron chi connectivity index (χ4n) is 5.26. The molecule has 2 N–H and O–H groups in total. The monoisotopic (exact) mass is 470 g/mol. The number of rotatable bonds is 5. The van der Waals surface area contributed by atoms with Crippen LogP contribution in [0.4, 0.5) is 5.82 Å². The van der Waals surface area contributed by atoms with Gasteiger partial charge in [0.15, 0.2) is 0 Å². The lowest BCUT2D eigenvalue weighted by Crippen LogP contribution is -2.26. The van der Waals surface area contributed by atoms with Crippen LogP contribution in [0.3, 0.4) is 0 Å². The second-order valence-corrected chi connectivity index (χ2v) is 9.51. The van der Waals surface area contributed by atoms with Crippen LogP contribution in [-0.4, -0.2) is 40.4 Å². The summed E-state index contributed by atoms with van der Waals surface area (Å²) >= 11 is 0. The molecule has 5 aromatic rings. The van der Waals surface area contributed by atoms with Gasteiger partial charge in [-0.25, -0.2) is 4.98 Å². The maximum atomic E-state index is 6.50. The zero-order valence-electron chi connectivity index (χ0n) is 20.3. The highest BCUT2D eigenvalue weighted by Crippen LogP contribution is 2.37. The van der Waals surface area contributed by atoms with Gasteiger partial charge >= 0.3 is 0 Å². The Kier molecular flexibility index (Phi) is 5.20. The molecule has 0 aliphatic heterocycles. The van der Waals surface area contributed by atoms with Gasteiger partial charge in [0.05, 0.1) is 35.6 Å². The van der Waals surface area contributed by atoms with Gasteiger partial charge in [0.1, 0.15) is 17.3 Å².